The second kappa shape index (κ2) is 7.85. The molecule has 0 saturated carbocycles. The van der Waals surface area contributed by atoms with Gasteiger partial charge < -0.3 is 15.0 Å². The molecule has 0 radical (unpaired) electrons. The number of ether oxygens (including phenoxy) is 1. The normalized spacial score (nSPS) is 23.9. The van der Waals surface area contributed by atoms with E-state index in [0.717, 1.165) is 44.5 Å². The number of nitrogens with zero attached hydrogens (tertiary/aromatic N) is 1. The molecule has 0 aliphatic carbocycles. The van der Waals surface area contributed by atoms with Gasteiger partial charge in [0.25, 0.3) is 0 Å². The summed E-state index contributed by atoms with van der Waals surface area (Å²) in [7, 11) is 1.98. The molecule has 3 rings (SSSR count). The number of likely N-dealkylation sites (tertiary alicyclic amines) is 1. The van der Waals surface area contributed by atoms with Crippen LogP contribution in [0.1, 0.15) is 31.2 Å². The van der Waals surface area contributed by atoms with E-state index in [9.17, 15) is 4.79 Å². The zero-order chi connectivity index (χ0) is 17.0. The van der Waals surface area contributed by atoms with Crippen molar-refractivity contribution in [2.24, 2.45) is 5.92 Å². The molecule has 1 unspecified atom stereocenters. The molecule has 132 valence electrons. The fourth-order valence-corrected chi connectivity index (χ4v) is 4.33. The first-order valence-corrected chi connectivity index (χ1v) is 9.31. The fourth-order valence-electron chi connectivity index (χ4n) is 4.14. The Kier molecular flexibility index (Phi) is 5.80. The molecule has 1 amide bonds. The quantitative estimate of drug-likeness (QED) is 0.907. The Bertz CT molecular complexity index is 570. The van der Waals surface area contributed by atoms with Gasteiger partial charge >= 0.3 is 0 Å². The third-order valence-corrected chi connectivity index (χ3v) is 5.67. The lowest BCUT2D eigenvalue weighted by molar-refractivity contribution is -0.143. The number of hydrogen-bond donors (Lipinski definition) is 1. The molecular formula is C19H27ClN2O2. The SMILES string of the molecule is CNCC1CCCN(C(=O)C2(c3cccc(Cl)c3)CCOCC2)C1. The first-order chi connectivity index (χ1) is 11.7. The lowest BCUT2D eigenvalue weighted by atomic mass is 9.72. The summed E-state index contributed by atoms with van der Waals surface area (Å²) >= 11 is 6.22. The third-order valence-electron chi connectivity index (χ3n) is 5.43. The van der Waals surface area contributed by atoms with E-state index in [1.807, 2.05) is 31.3 Å². The number of benzene rings is 1. The van der Waals surface area contributed by atoms with Crippen LogP contribution in [0.4, 0.5) is 0 Å². The Morgan fingerprint density at radius 3 is 2.92 bits per heavy atom. The van der Waals surface area contributed by atoms with Gasteiger partial charge in [-0.2, -0.15) is 0 Å². The number of nitrogens with one attached hydrogen (secondary N) is 1. The maximum atomic E-state index is 13.5. The number of halogens is 1. The van der Waals surface area contributed by atoms with E-state index < -0.39 is 5.41 Å². The van der Waals surface area contributed by atoms with E-state index in [1.165, 1.54) is 6.42 Å². The average molecular weight is 351 g/mol. The molecule has 24 heavy (non-hydrogen) atoms. The highest BCUT2D eigenvalue weighted by Crippen LogP contribution is 2.38. The second-order valence-corrected chi connectivity index (χ2v) is 7.46. The topological polar surface area (TPSA) is 41.6 Å². The highest BCUT2D eigenvalue weighted by atomic mass is 35.5. The van der Waals surface area contributed by atoms with Crippen molar-refractivity contribution in [2.75, 3.05) is 39.9 Å². The summed E-state index contributed by atoms with van der Waals surface area (Å²) in [5, 5.41) is 3.94. The molecule has 0 aromatic heterocycles. The number of rotatable bonds is 4. The molecule has 0 spiro atoms. The van der Waals surface area contributed by atoms with Crippen molar-refractivity contribution in [2.45, 2.75) is 31.1 Å². The van der Waals surface area contributed by atoms with Crippen molar-refractivity contribution >= 4 is 17.5 Å². The van der Waals surface area contributed by atoms with Crippen LogP contribution in [0.2, 0.25) is 5.02 Å². The largest absolute Gasteiger partial charge is 0.381 e. The predicted molar refractivity (Wildman–Crippen MR) is 96.4 cm³/mol. The average Bonchev–Trinajstić information content (AvgIpc) is 2.62. The van der Waals surface area contributed by atoms with Crippen molar-refractivity contribution in [3.05, 3.63) is 34.9 Å². The molecule has 2 saturated heterocycles. The van der Waals surface area contributed by atoms with Crippen LogP contribution < -0.4 is 5.32 Å². The number of piperidine rings is 1. The van der Waals surface area contributed by atoms with Crippen molar-refractivity contribution in [1.29, 1.82) is 0 Å². The minimum Gasteiger partial charge on any atom is -0.381 e. The van der Waals surface area contributed by atoms with Gasteiger partial charge in [0.15, 0.2) is 0 Å². The van der Waals surface area contributed by atoms with Crippen LogP contribution in [0.5, 0.6) is 0 Å². The summed E-state index contributed by atoms with van der Waals surface area (Å²) in [5.74, 6) is 0.804. The lowest BCUT2D eigenvalue weighted by Gasteiger charge is -2.43. The van der Waals surface area contributed by atoms with Gasteiger partial charge in [-0.05, 0) is 62.9 Å². The Morgan fingerprint density at radius 1 is 1.42 bits per heavy atom. The van der Waals surface area contributed by atoms with Crippen LogP contribution in [0.25, 0.3) is 0 Å². The van der Waals surface area contributed by atoms with Gasteiger partial charge in [0.2, 0.25) is 5.91 Å². The fraction of sp³-hybridized carbons (Fsp3) is 0.632. The van der Waals surface area contributed by atoms with E-state index in [2.05, 4.69) is 10.2 Å². The number of carbonyl (C=O) groups is 1. The molecule has 1 N–H and O–H groups in total. The van der Waals surface area contributed by atoms with Crippen LogP contribution in [0.3, 0.4) is 0 Å². The highest BCUT2D eigenvalue weighted by Gasteiger charge is 2.44. The minimum absolute atomic E-state index is 0.258. The van der Waals surface area contributed by atoms with Gasteiger partial charge in [-0.1, -0.05) is 23.7 Å². The van der Waals surface area contributed by atoms with E-state index in [1.54, 1.807) is 0 Å². The molecule has 2 heterocycles. The summed E-state index contributed by atoms with van der Waals surface area (Å²) in [6, 6.07) is 7.82. The summed E-state index contributed by atoms with van der Waals surface area (Å²) in [4.78, 5) is 15.6. The van der Waals surface area contributed by atoms with E-state index >= 15 is 0 Å². The monoisotopic (exact) mass is 350 g/mol. The molecule has 1 atom stereocenters. The standard InChI is InChI=1S/C19H27ClN2O2/c1-21-13-15-4-3-9-22(14-15)18(23)19(7-10-24-11-8-19)16-5-2-6-17(20)12-16/h2,5-6,12,15,21H,3-4,7-11,13-14H2,1H3. The Hall–Kier alpha value is -1.10. The Balaban J connectivity index is 1.87. The van der Waals surface area contributed by atoms with Gasteiger partial charge in [-0.3, -0.25) is 4.79 Å². The van der Waals surface area contributed by atoms with Crippen molar-refractivity contribution < 1.29 is 9.53 Å². The van der Waals surface area contributed by atoms with Crippen LogP contribution >= 0.6 is 11.6 Å². The van der Waals surface area contributed by atoms with Crippen LogP contribution in [-0.2, 0) is 14.9 Å². The maximum absolute atomic E-state index is 13.5. The number of hydrogen-bond acceptors (Lipinski definition) is 3. The Labute approximate surface area is 149 Å². The van der Waals surface area contributed by atoms with Gasteiger partial charge in [0.05, 0.1) is 5.41 Å². The summed E-state index contributed by atoms with van der Waals surface area (Å²) in [5.41, 5.74) is 0.559. The van der Waals surface area contributed by atoms with E-state index in [-0.39, 0.29) is 5.91 Å². The van der Waals surface area contributed by atoms with E-state index in [0.29, 0.717) is 24.2 Å². The molecule has 0 bridgehead atoms. The zero-order valence-corrected chi connectivity index (χ0v) is 15.1. The summed E-state index contributed by atoms with van der Waals surface area (Å²) < 4.78 is 5.56. The van der Waals surface area contributed by atoms with Gasteiger partial charge in [-0.25, -0.2) is 0 Å². The maximum Gasteiger partial charge on any atom is 0.233 e. The molecule has 1 aromatic carbocycles. The van der Waals surface area contributed by atoms with Crippen molar-refractivity contribution in [3.8, 4) is 0 Å². The molecular weight excluding hydrogens is 324 g/mol. The molecule has 1 aromatic rings. The van der Waals surface area contributed by atoms with Crippen LogP contribution in [0, 0.1) is 5.92 Å². The highest BCUT2D eigenvalue weighted by molar-refractivity contribution is 6.30. The van der Waals surface area contributed by atoms with Gasteiger partial charge in [0, 0.05) is 31.3 Å². The Morgan fingerprint density at radius 2 is 2.21 bits per heavy atom. The van der Waals surface area contributed by atoms with Crippen LogP contribution in [-0.4, -0.2) is 50.7 Å². The summed E-state index contributed by atoms with van der Waals surface area (Å²) in [6.45, 7) is 3.94. The molecule has 5 heteroatoms. The van der Waals surface area contributed by atoms with Crippen LogP contribution in [0.15, 0.2) is 24.3 Å². The van der Waals surface area contributed by atoms with Gasteiger partial charge in [0.1, 0.15) is 0 Å². The summed E-state index contributed by atoms with van der Waals surface area (Å²) in [6.07, 6.45) is 3.75. The first kappa shape index (κ1) is 17.7. The molecule has 4 nitrogen and oxygen atoms in total. The minimum atomic E-state index is -0.481. The zero-order valence-electron chi connectivity index (χ0n) is 14.4. The lowest BCUT2D eigenvalue weighted by Crippen LogP contribution is -2.53. The molecule has 2 aliphatic heterocycles. The van der Waals surface area contributed by atoms with E-state index in [4.69, 9.17) is 16.3 Å². The molecule has 2 aliphatic rings. The predicted octanol–water partition coefficient (Wildman–Crippen LogP) is 2.85. The number of amides is 1. The molecule has 2 fully saturated rings. The van der Waals surface area contributed by atoms with Crippen molar-refractivity contribution in [1.82, 2.24) is 10.2 Å². The second-order valence-electron chi connectivity index (χ2n) is 7.02. The third kappa shape index (κ3) is 3.61. The van der Waals surface area contributed by atoms with Gasteiger partial charge in [-0.15, -0.1) is 0 Å². The smallest absolute Gasteiger partial charge is 0.233 e. The first-order valence-electron chi connectivity index (χ1n) is 8.93. The van der Waals surface area contributed by atoms with Crippen molar-refractivity contribution in [3.63, 3.8) is 0 Å². The number of carbonyl (C=O) groups excluding carboxylic acids is 1.